The van der Waals surface area contributed by atoms with E-state index in [0.29, 0.717) is 29.1 Å². The van der Waals surface area contributed by atoms with E-state index < -0.39 is 11.9 Å². The summed E-state index contributed by atoms with van der Waals surface area (Å²) in [5.74, 6) is -0.715. The van der Waals surface area contributed by atoms with Crippen molar-refractivity contribution in [2.45, 2.75) is 37.3 Å². The van der Waals surface area contributed by atoms with Gasteiger partial charge in [-0.15, -0.1) is 0 Å². The Balaban J connectivity index is 1.71. The molecule has 0 radical (unpaired) electrons. The van der Waals surface area contributed by atoms with Gasteiger partial charge in [0.15, 0.2) is 0 Å². The van der Waals surface area contributed by atoms with Crippen LogP contribution in [0.3, 0.4) is 0 Å². The predicted molar refractivity (Wildman–Crippen MR) is 74.7 cm³/mol. The molecule has 2 aliphatic heterocycles. The summed E-state index contributed by atoms with van der Waals surface area (Å²) in [6, 6.07) is 5.67. The summed E-state index contributed by atoms with van der Waals surface area (Å²) in [5.41, 5.74) is 2.00. The van der Waals surface area contributed by atoms with Crippen molar-refractivity contribution in [3.8, 4) is 11.1 Å². The molecule has 4 heterocycles. The SMILES string of the molecule is Fc1ccc(-c2cc([C@H]3C[C@@H]4CC[C@H]3N4)cnc2F)cn1. The minimum absolute atomic E-state index is 0.391. The summed E-state index contributed by atoms with van der Waals surface area (Å²) in [5, 5.41) is 3.57. The van der Waals surface area contributed by atoms with Crippen LogP contribution in [-0.2, 0) is 0 Å². The van der Waals surface area contributed by atoms with Gasteiger partial charge in [-0.2, -0.15) is 8.78 Å². The molecule has 2 aliphatic rings. The lowest BCUT2D eigenvalue weighted by Gasteiger charge is -2.20. The predicted octanol–water partition coefficient (Wildman–Crippen LogP) is 3.03. The van der Waals surface area contributed by atoms with Gasteiger partial charge in [0.1, 0.15) is 0 Å². The Morgan fingerprint density at radius 3 is 2.67 bits per heavy atom. The van der Waals surface area contributed by atoms with Gasteiger partial charge in [0, 0.05) is 41.5 Å². The third-order valence-electron chi connectivity index (χ3n) is 4.63. The molecule has 3 atom stereocenters. The topological polar surface area (TPSA) is 37.8 Å². The van der Waals surface area contributed by atoms with Gasteiger partial charge in [0.05, 0.1) is 0 Å². The lowest BCUT2D eigenvalue weighted by molar-refractivity contribution is 0.502. The number of fused-ring (bicyclic) bond motifs is 2. The van der Waals surface area contributed by atoms with Crippen molar-refractivity contribution in [1.29, 1.82) is 0 Å². The van der Waals surface area contributed by atoms with Gasteiger partial charge >= 0.3 is 0 Å². The van der Waals surface area contributed by atoms with Crippen LogP contribution in [0, 0.1) is 11.9 Å². The summed E-state index contributed by atoms with van der Waals surface area (Å²) < 4.78 is 26.9. The van der Waals surface area contributed by atoms with Crippen LogP contribution in [0.2, 0.25) is 0 Å². The molecular weight excluding hydrogens is 272 g/mol. The summed E-state index contributed by atoms with van der Waals surface area (Å²) in [6.07, 6.45) is 6.45. The minimum Gasteiger partial charge on any atom is -0.311 e. The second-order valence-corrected chi connectivity index (χ2v) is 5.87. The summed E-state index contributed by atoms with van der Waals surface area (Å²) in [4.78, 5) is 7.48. The zero-order valence-electron chi connectivity index (χ0n) is 11.4. The number of pyridine rings is 2. The van der Waals surface area contributed by atoms with Crippen LogP contribution in [0.1, 0.15) is 30.7 Å². The van der Waals surface area contributed by atoms with E-state index in [1.54, 1.807) is 6.20 Å². The quantitative estimate of drug-likeness (QED) is 0.863. The molecule has 0 amide bonds. The number of hydrogen-bond acceptors (Lipinski definition) is 3. The first-order valence-corrected chi connectivity index (χ1v) is 7.24. The van der Waals surface area contributed by atoms with Gasteiger partial charge in [-0.05, 0) is 43.0 Å². The lowest BCUT2D eigenvalue weighted by Crippen LogP contribution is -2.21. The number of aromatic nitrogens is 2. The standard InChI is InChI=1S/C16H15F2N3/c17-15-4-1-9(7-19-15)13-5-10(8-20-16(13)18)12-6-11-2-3-14(12)21-11/h1,4-5,7-8,11-12,14,21H,2-3,6H2/t11-,12+,14+/m0/s1. The molecule has 0 unspecified atom stereocenters. The monoisotopic (exact) mass is 287 g/mol. The van der Waals surface area contributed by atoms with E-state index in [1.807, 2.05) is 6.07 Å². The number of halogens is 2. The molecule has 0 saturated carbocycles. The fraction of sp³-hybridized carbons (Fsp3) is 0.375. The summed E-state index contributed by atoms with van der Waals surface area (Å²) in [7, 11) is 0. The van der Waals surface area contributed by atoms with E-state index in [4.69, 9.17) is 0 Å². The van der Waals surface area contributed by atoms with Crippen LogP contribution in [-0.4, -0.2) is 22.1 Å². The van der Waals surface area contributed by atoms with Crippen LogP contribution in [0.4, 0.5) is 8.78 Å². The Kier molecular flexibility index (Phi) is 2.96. The van der Waals surface area contributed by atoms with Crippen molar-refractivity contribution in [3.63, 3.8) is 0 Å². The van der Waals surface area contributed by atoms with Gasteiger partial charge in [-0.1, -0.05) is 0 Å². The molecule has 2 aromatic rings. The Morgan fingerprint density at radius 1 is 1.10 bits per heavy atom. The normalized spacial score (nSPS) is 27.2. The first-order chi connectivity index (χ1) is 10.2. The second-order valence-electron chi connectivity index (χ2n) is 5.87. The zero-order valence-corrected chi connectivity index (χ0v) is 11.4. The lowest BCUT2D eigenvalue weighted by atomic mass is 9.84. The van der Waals surface area contributed by atoms with Gasteiger partial charge < -0.3 is 5.32 Å². The number of nitrogens with zero attached hydrogens (tertiary/aromatic N) is 2. The molecule has 21 heavy (non-hydrogen) atoms. The van der Waals surface area contributed by atoms with Crippen molar-refractivity contribution in [2.75, 3.05) is 0 Å². The van der Waals surface area contributed by atoms with Crippen molar-refractivity contribution in [1.82, 2.24) is 15.3 Å². The van der Waals surface area contributed by atoms with Crippen LogP contribution in [0.25, 0.3) is 11.1 Å². The average molecular weight is 287 g/mol. The molecular formula is C16H15F2N3. The second kappa shape index (κ2) is 4.84. The Hall–Kier alpha value is -1.88. The average Bonchev–Trinajstić information content (AvgIpc) is 3.12. The zero-order chi connectivity index (χ0) is 14.4. The third-order valence-corrected chi connectivity index (χ3v) is 4.63. The molecule has 4 rings (SSSR count). The largest absolute Gasteiger partial charge is 0.311 e. The number of nitrogens with one attached hydrogen (secondary N) is 1. The molecule has 0 aromatic carbocycles. The molecule has 108 valence electrons. The van der Waals surface area contributed by atoms with E-state index in [-0.39, 0.29) is 0 Å². The van der Waals surface area contributed by atoms with Gasteiger partial charge in [-0.25, -0.2) is 9.97 Å². The van der Waals surface area contributed by atoms with E-state index in [1.165, 1.54) is 31.2 Å². The molecule has 2 aromatic heterocycles. The Labute approximate surface area is 121 Å². The Bertz CT molecular complexity index is 672. The maximum atomic E-state index is 14.0. The van der Waals surface area contributed by atoms with Crippen molar-refractivity contribution < 1.29 is 8.78 Å². The molecule has 0 spiro atoms. The van der Waals surface area contributed by atoms with Gasteiger partial charge in [0.2, 0.25) is 11.9 Å². The third kappa shape index (κ3) is 2.21. The Morgan fingerprint density at radius 2 is 2.00 bits per heavy atom. The van der Waals surface area contributed by atoms with Crippen molar-refractivity contribution in [3.05, 3.63) is 48.1 Å². The number of rotatable bonds is 2. The maximum Gasteiger partial charge on any atom is 0.220 e. The van der Waals surface area contributed by atoms with Crippen molar-refractivity contribution >= 4 is 0 Å². The molecule has 2 saturated heterocycles. The first-order valence-electron chi connectivity index (χ1n) is 7.24. The minimum atomic E-state index is -0.569. The fourth-order valence-electron chi connectivity index (χ4n) is 3.60. The highest BCUT2D eigenvalue weighted by atomic mass is 19.1. The molecule has 3 nitrogen and oxygen atoms in total. The van der Waals surface area contributed by atoms with Crippen LogP contribution in [0.5, 0.6) is 0 Å². The molecule has 5 heteroatoms. The molecule has 1 N–H and O–H groups in total. The maximum absolute atomic E-state index is 14.0. The van der Waals surface area contributed by atoms with E-state index >= 15 is 0 Å². The van der Waals surface area contributed by atoms with E-state index in [2.05, 4.69) is 15.3 Å². The molecule has 2 bridgehead atoms. The first kappa shape index (κ1) is 12.8. The summed E-state index contributed by atoms with van der Waals surface area (Å²) >= 11 is 0. The smallest absolute Gasteiger partial charge is 0.220 e. The highest BCUT2D eigenvalue weighted by molar-refractivity contribution is 5.62. The summed E-state index contributed by atoms with van der Waals surface area (Å²) in [6.45, 7) is 0. The highest BCUT2D eigenvalue weighted by Gasteiger charge is 2.39. The van der Waals surface area contributed by atoms with Crippen LogP contribution in [0.15, 0.2) is 30.6 Å². The van der Waals surface area contributed by atoms with Gasteiger partial charge in [0.25, 0.3) is 0 Å². The fourth-order valence-corrected chi connectivity index (χ4v) is 3.60. The molecule has 2 fully saturated rings. The van der Waals surface area contributed by atoms with Crippen molar-refractivity contribution in [2.24, 2.45) is 0 Å². The highest BCUT2D eigenvalue weighted by Crippen LogP contribution is 2.40. The molecule has 0 aliphatic carbocycles. The number of hydrogen-bond donors (Lipinski definition) is 1. The van der Waals surface area contributed by atoms with Crippen LogP contribution >= 0.6 is 0 Å². The van der Waals surface area contributed by atoms with E-state index in [9.17, 15) is 8.78 Å². The van der Waals surface area contributed by atoms with E-state index in [0.717, 1.165) is 12.0 Å². The van der Waals surface area contributed by atoms with Gasteiger partial charge in [-0.3, -0.25) is 0 Å². The van der Waals surface area contributed by atoms with Crippen LogP contribution < -0.4 is 5.32 Å².